The predicted molar refractivity (Wildman–Crippen MR) is 81.0 cm³/mol. The Hall–Kier alpha value is -2.19. The standard InChI is InChI=1S/C14H16N4O3S/c19-14(16-13-7-8-15-17-13)11-3-5-12(6-4-11)22(20,21)18-9-1-2-10-18/h3-8H,1-2,9-10H2,(H2,15,16,17,19). The van der Waals surface area contributed by atoms with Crippen LogP contribution in [-0.4, -0.2) is 41.9 Å². The van der Waals surface area contributed by atoms with E-state index in [1.54, 1.807) is 6.07 Å². The van der Waals surface area contributed by atoms with Crippen molar-refractivity contribution in [1.82, 2.24) is 14.5 Å². The summed E-state index contributed by atoms with van der Waals surface area (Å²) < 4.78 is 26.2. The molecule has 1 aromatic heterocycles. The van der Waals surface area contributed by atoms with Crippen LogP contribution in [0.25, 0.3) is 0 Å². The lowest BCUT2D eigenvalue weighted by Crippen LogP contribution is -2.27. The third-order valence-electron chi connectivity index (χ3n) is 3.57. The highest BCUT2D eigenvalue weighted by atomic mass is 32.2. The smallest absolute Gasteiger partial charge is 0.256 e. The highest BCUT2D eigenvalue weighted by molar-refractivity contribution is 7.89. The minimum Gasteiger partial charge on any atom is -0.307 e. The molecule has 2 N–H and O–H groups in total. The molecule has 3 rings (SSSR count). The molecule has 1 aliphatic heterocycles. The number of H-pyrrole nitrogens is 1. The molecule has 0 radical (unpaired) electrons. The van der Waals surface area contributed by atoms with Crippen LogP contribution in [-0.2, 0) is 10.0 Å². The monoisotopic (exact) mass is 320 g/mol. The molecule has 22 heavy (non-hydrogen) atoms. The van der Waals surface area contributed by atoms with E-state index in [2.05, 4.69) is 15.5 Å². The van der Waals surface area contributed by atoms with E-state index in [1.165, 1.54) is 34.8 Å². The van der Waals surface area contributed by atoms with Crippen LogP contribution in [0.1, 0.15) is 23.2 Å². The van der Waals surface area contributed by atoms with Gasteiger partial charge in [-0.3, -0.25) is 9.89 Å². The Kier molecular flexibility index (Phi) is 3.95. The van der Waals surface area contributed by atoms with Crippen molar-refractivity contribution in [3.63, 3.8) is 0 Å². The number of nitrogens with one attached hydrogen (secondary N) is 2. The van der Waals surface area contributed by atoms with Crippen molar-refractivity contribution in [3.8, 4) is 0 Å². The van der Waals surface area contributed by atoms with Crippen LogP contribution in [0.15, 0.2) is 41.4 Å². The van der Waals surface area contributed by atoms with Crippen LogP contribution in [0.3, 0.4) is 0 Å². The number of amides is 1. The number of nitrogens with zero attached hydrogens (tertiary/aromatic N) is 2. The predicted octanol–water partition coefficient (Wildman–Crippen LogP) is 1.45. The third kappa shape index (κ3) is 2.88. The molecule has 1 amide bonds. The van der Waals surface area contributed by atoms with Crippen molar-refractivity contribution in [2.24, 2.45) is 0 Å². The number of hydrogen-bond acceptors (Lipinski definition) is 4. The molecule has 0 spiro atoms. The first-order chi connectivity index (χ1) is 10.6. The number of aromatic nitrogens is 2. The number of benzene rings is 1. The van der Waals surface area contributed by atoms with E-state index in [1.807, 2.05) is 0 Å². The first-order valence-electron chi connectivity index (χ1n) is 6.98. The molecule has 0 bridgehead atoms. The average molecular weight is 320 g/mol. The Bertz CT molecular complexity index is 748. The molecule has 0 unspecified atom stereocenters. The lowest BCUT2D eigenvalue weighted by atomic mass is 10.2. The van der Waals surface area contributed by atoms with Crippen LogP contribution < -0.4 is 5.32 Å². The number of carbonyl (C=O) groups excluding carboxylic acids is 1. The number of rotatable bonds is 4. The van der Waals surface area contributed by atoms with Gasteiger partial charge in [0.1, 0.15) is 5.82 Å². The van der Waals surface area contributed by atoms with Crippen molar-refractivity contribution < 1.29 is 13.2 Å². The maximum Gasteiger partial charge on any atom is 0.256 e. The van der Waals surface area contributed by atoms with Gasteiger partial charge in [-0.2, -0.15) is 9.40 Å². The van der Waals surface area contributed by atoms with Crippen LogP contribution >= 0.6 is 0 Å². The van der Waals surface area contributed by atoms with Crippen LogP contribution in [0.4, 0.5) is 5.82 Å². The van der Waals surface area contributed by atoms with E-state index in [4.69, 9.17) is 0 Å². The minimum atomic E-state index is -3.45. The zero-order chi connectivity index (χ0) is 15.6. The summed E-state index contributed by atoms with van der Waals surface area (Å²) in [5.74, 6) is 0.160. The Balaban J connectivity index is 1.76. The normalized spacial score (nSPS) is 15.8. The van der Waals surface area contributed by atoms with Crippen molar-refractivity contribution in [1.29, 1.82) is 0 Å². The summed E-state index contributed by atoms with van der Waals surface area (Å²) in [6.07, 6.45) is 3.31. The quantitative estimate of drug-likeness (QED) is 0.891. The zero-order valence-corrected chi connectivity index (χ0v) is 12.6. The summed E-state index contributed by atoms with van der Waals surface area (Å²) in [6.45, 7) is 1.12. The van der Waals surface area contributed by atoms with Crippen molar-refractivity contribution in [2.45, 2.75) is 17.7 Å². The van der Waals surface area contributed by atoms with E-state index in [9.17, 15) is 13.2 Å². The van der Waals surface area contributed by atoms with Gasteiger partial charge >= 0.3 is 0 Å². The molecule has 2 heterocycles. The summed E-state index contributed by atoms with van der Waals surface area (Å²) in [7, 11) is -3.45. The van der Waals surface area contributed by atoms with Gasteiger partial charge in [-0.1, -0.05) is 0 Å². The van der Waals surface area contributed by atoms with Gasteiger partial charge in [-0.25, -0.2) is 8.42 Å². The molecule has 1 aliphatic rings. The van der Waals surface area contributed by atoms with Gasteiger partial charge < -0.3 is 5.32 Å². The molecule has 1 saturated heterocycles. The molecule has 2 aromatic rings. The van der Waals surface area contributed by atoms with Gasteiger partial charge in [-0.15, -0.1) is 0 Å². The second-order valence-corrected chi connectivity index (χ2v) is 7.00. The van der Waals surface area contributed by atoms with E-state index < -0.39 is 10.0 Å². The molecule has 116 valence electrons. The summed E-state index contributed by atoms with van der Waals surface area (Å²) in [6, 6.07) is 7.58. The number of sulfonamides is 1. The van der Waals surface area contributed by atoms with Crippen LogP contribution in [0.5, 0.6) is 0 Å². The second-order valence-electron chi connectivity index (χ2n) is 5.06. The molecule has 0 aliphatic carbocycles. The highest BCUT2D eigenvalue weighted by Crippen LogP contribution is 2.21. The molecule has 0 atom stereocenters. The summed E-state index contributed by atoms with van der Waals surface area (Å²) in [4.78, 5) is 12.2. The lowest BCUT2D eigenvalue weighted by Gasteiger charge is -2.15. The first-order valence-corrected chi connectivity index (χ1v) is 8.42. The van der Waals surface area contributed by atoms with Gasteiger partial charge in [0.25, 0.3) is 5.91 Å². The number of anilines is 1. The zero-order valence-electron chi connectivity index (χ0n) is 11.8. The molecule has 8 heteroatoms. The fourth-order valence-corrected chi connectivity index (χ4v) is 3.89. The minimum absolute atomic E-state index is 0.215. The topological polar surface area (TPSA) is 95.2 Å². The van der Waals surface area contributed by atoms with Crippen molar-refractivity contribution in [3.05, 3.63) is 42.1 Å². The number of aromatic amines is 1. The highest BCUT2D eigenvalue weighted by Gasteiger charge is 2.27. The van der Waals surface area contributed by atoms with Gasteiger partial charge in [0.2, 0.25) is 10.0 Å². The molecular weight excluding hydrogens is 304 g/mol. The Morgan fingerprint density at radius 1 is 1.14 bits per heavy atom. The first kappa shape index (κ1) is 14.7. The van der Waals surface area contributed by atoms with Crippen molar-refractivity contribution in [2.75, 3.05) is 18.4 Å². The van der Waals surface area contributed by atoms with E-state index in [-0.39, 0.29) is 10.8 Å². The molecule has 1 aromatic carbocycles. The Labute approximate surface area is 128 Å². The van der Waals surface area contributed by atoms with Gasteiger partial charge in [-0.05, 0) is 37.1 Å². The maximum atomic E-state index is 12.4. The molecule has 0 saturated carbocycles. The van der Waals surface area contributed by atoms with E-state index in [0.717, 1.165) is 12.8 Å². The third-order valence-corrected chi connectivity index (χ3v) is 5.48. The van der Waals surface area contributed by atoms with E-state index in [0.29, 0.717) is 24.5 Å². The summed E-state index contributed by atoms with van der Waals surface area (Å²) in [5, 5.41) is 9.00. The summed E-state index contributed by atoms with van der Waals surface area (Å²) >= 11 is 0. The molecular formula is C14H16N4O3S. The maximum absolute atomic E-state index is 12.4. The summed E-state index contributed by atoms with van der Waals surface area (Å²) in [5.41, 5.74) is 0.384. The Morgan fingerprint density at radius 3 is 2.41 bits per heavy atom. The Morgan fingerprint density at radius 2 is 1.82 bits per heavy atom. The lowest BCUT2D eigenvalue weighted by molar-refractivity contribution is 0.102. The number of carbonyl (C=O) groups is 1. The fraction of sp³-hybridized carbons (Fsp3) is 0.286. The van der Waals surface area contributed by atoms with Crippen LogP contribution in [0.2, 0.25) is 0 Å². The van der Waals surface area contributed by atoms with Crippen LogP contribution in [0, 0.1) is 0 Å². The van der Waals surface area contributed by atoms with Crippen molar-refractivity contribution >= 4 is 21.7 Å². The molecule has 1 fully saturated rings. The molecule has 7 nitrogen and oxygen atoms in total. The fourth-order valence-electron chi connectivity index (χ4n) is 2.38. The van der Waals surface area contributed by atoms with E-state index >= 15 is 0 Å². The number of hydrogen-bond donors (Lipinski definition) is 2. The van der Waals surface area contributed by atoms with Gasteiger partial charge in [0.15, 0.2) is 0 Å². The van der Waals surface area contributed by atoms with Gasteiger partial charge in [0.05, 0.1) is 11.1 Å². The largest absolute Gasteiger partial charge is 0.307 e. The SMILES string of the molecule is O=C(Nc1ccn[nH]1)c1ccc(S(=O)(=O)N2CCCC2)cc1. The average Bonchev–Trinajstić information content (AvgIpc) is 3.21. The van der Waals surface area contributed by atoms with Gasteiger partial charge in [0, 0.05) is 24.7 Å². The second kappa shape index (κ2) is 5.90.